The summed E-state index contributed by atoms with van der Waals surface area (Å²) in [6, 6.07) is 11.8. The van der Waals surface area contributed by atoms with Gasteiger partial charge in [0.2, 0.25) is 12.7 Å². The van der Waals surface area contributed by atoms with E-state index in [0.29, 0.717) is 0 Å². The van der Waals surface area contributed by atoms with Crippen LogP contribution in [0.1, 0.15) is 44.6 Å². The topological polar surface area (TPSA) is 51.7 Å². The van der Waals surface area contributed by atoms with Gasteiger partial charge in [-0.25, -0.2) is 4.98 Å². The van der Waals surface area contributed by atoms with E-state index in [2.05, 4.69) is 4.98 Å². The molecule has 0 spiro atoms. The van der Waals surface area contributed by atoms with Gasteiger partial charge in [0.05, 0.1) is 5.92 Å². The molecule has 0 bridgehead atoms. The van der Waals surface area contributed by atoms with Gasteiger partial charge in [-0.3, -0.25) is 9.69 Å². The molecule has 4 rings (SSSR count). The maximum absolute atomic E-state index is 13.3. The number of amides is 1. The molecule has 2 heterocycles. The van der Waals surface area contributed by atoms with Crippen LogP contribution >= 0.6 is 0 Å². The molecule has 1 amide bonds. The van der Waals surface area contributed by atoms with Gasteiger partial charge < -0.3 is 9.47 Å². The molecule has 1 aromatic heterocycles. The van der Waals surface area contributed by atoms with Gasteiger partial charge in [0.25, 0.3) is 0 Å². The standard InChI is InChI=1S/C23H26N2O3/c1-17(10-11-18-12-13-20-21(15-18)28-16-27-20)23(26)25(19-7-3-2-4-8-19)22-9-5-6-14-24-22/h5-6,9-15,17,19H,2-4,7-8,16H2,1H3/b11-10-. The molecular formula is C23H26N2O3. The predicted octanol–water partition coefficient (Wildman–Crippen LogP) is 4.83. The Morgan fingerprint density at radius 1 is 1.14 bits per heavy atom. The fourth-order valence-corrected chi connectivity index (χ4v) is 3.89. The summed E-state index contributed by atoms with van der Waals surface area (Å²) in [5, 5.41) is 0. The smallest absolute Gasteiger partial charge is 0.235 e. The Morgan fingerprint density at radius 3 is 2.75 bits per heavy atom. The van der Waals surface area contributed by atoms with Crippen LogP contribution in [-0.4, -0.2) is 23.7 Å². The van der Waals surface area contributed by atoms with E-state index in [4.69, 9.17) is 9.47 Å². The number of aromatic nitrogens is 1. The molecule has 0 N–H and O–H groups in total. The molecule has 1 aliphatic carbocycles. The van der Waals surface area contributed by atoms with E-state index < -0.39 is 0 Å². The first-order chi connectivity index (χ1) is 13.7. The van der Waals surface area contributed by atoms with E-state index in [1.54, 1.807) is 6.20 Å². The number of hydrogen-bond acceptors (Lipinski definition) is 4. The normalized spacial score (nSPS) is 17.6. The average molecular weight is 378 g/mol. The zero-order chi connectivity index (χ0) is 19.3. The molecule has 1 unspecified atom stereocenters. The lowest BCUT2D eigenvalue weighted by Gasteiger charge is -2.34. The van der Waals surface area contributed by atoms with Crippen molar-refractivity contribution in [2.45, 2.75) is 45.1 Å². The molecule has 1 aliphatic heterocycles. The van der Waals surface area contributed by atoms with E-state index in [1.165, 1.54) is 19.3 Å². The Hall–Kier alpha value is -2.82. The summed E-state index contributed by atoms with van der Waals surface area (Å²) >= 11 is 0. The van der Waals surface area contributed by atoms with E-state index >= 15 is 0 Å². The van der Waals surface area contributed by atoms with Crippen LogP contribution in [-0.2, 0) is 4.79 Å². The van der Waals surface area contributed by atoms with Crippen LogP contribution in [0.4, 0.5) is 5.82 Å². The van der Waals surface area contributed by atoms with E-state index in [0.717, 1.165) is 35.7 Å². The zero-order valence-electron chi connectivity index (χ0n) is 16.2. The molecule has 1 saturated carbocycles. The van der Waals surface area contributed by atoms with Crippen molar-refractivity contribution in [1.29, 1.82) is 0 Å². The second kappa shape index (κ2) is 8.46. The number of rotatable bonds is 5. The summed E-state index contributed by atoms with van der Waals surface area (Å²) in [7, 11) is 0. The molecule has 0 radical (unpaired) electrons. The van der Waals surface area contributed by atoms with Crippen molar-refractivity contribution in [3.63, 3.8) is 0 Å². The lowest BCUT2D eigenvalue weighted by atomic mass is 9.93. The molecule has 1 fully saturated rings. The molecule has 5 nitrogen and oxygen atoms in total. The Kier molecular flexibility index (Phi) is 5.60. The van der Waals surface area contributed by atoms with Gasteiger partial charge in [0.1, 0.15) is 5.82 Å². The number of anilines is 1. The number of carbonyl (C=O) groups excluding carboxylic acids is 1. The van der Waals surface area contributed by atoms with Crippen molar-refractivity contribution in [3.05, 3.63) is 54.2 Å². The maximum atomic E-state index is 13.3. The van der Waals surface area contributed by atoms with Crippen LogP contribution in [0.25, 0.3) is 6.08 Å². The molecule has 146 valence electrons. The Morgan fingerprint density at radius 2 is 1.96 bits per heavy atom. The van der Waals surface area contributed by atoms with Gasteiger partial charge in [0.15, 0.2) is 11.5 Å². The van der Waals surface area contributed by atoms with Crippen LogP contribution in [0.5, 0.6) is 11.5 Å². The van der Waals surface area contributed by atoms with Crippen LogP contribution in [0.2, 0.25) is 0 Å². The number of carbonyl (C=O) groups is 1. The summed E-state index contributed by atoms with van der Waals surface area (Å²) in [4.78, 5) is 19.7. The second-order valence-corrected chi connectivity index (χ2v) is 7.45. The first-order valence-electron chi connectivity index (χ1n) is 10.0. The summed E-state index contributed by atoms with van der Waals surface area (Å²) < 4.78 is 10.8. The highest BCUT2D eigenvalue weighted by Crippen LogP contribution is 2.33. The molecule has 28 heavy (non-hydrogen) atoms. The predicted molar refractivity (Wildman–Crippen MR) is 109 cm³/mol. The highest BCUT2D eigenvalue weighted by atomic mass is 16.7. The van der Waals surface area contributed by atoms with Crippen molar-refractivity contribution < 1.29 is 14.3 Å². The van der Waals surface area contributed by atoms with Crippen molar-refractivity contribution >= 4 is 17.8 Å². The summed E-state index contributed by atoms with van der Waals surface area (Å²) in [6.07, 6.45) is 11.4. The molecule has 2 aliphatic rings. The van der Waals surface area contributed by atoms with Gasteiger partial charge in [-0.1, -0.05) is 50.5 Å². The number of pyridine rings is 1. The number of benzene rings is 1. The largest absolute Gasteiger partial charge is 0.454 e. The number of fused-ring (bicyclic) bond motifs is 1. The van der Waals surface area contributed by atoms with Crippen molar-refractivity contribution in [3.8, 4) is 11.5 Å². The molecule has 2 aromatic rings. The van der Waals surface area contributed by atoms with Crippen molar-refractivity contribution in [1.82, 2.24) is 4.98 Å². The third kappa shape index (κ3) is 4.03. The van der Waals surface area contributed by atoms with Crippen LogP contribution in [0, 0.1) is 5.92 Å². The van der Waals surface area contributed by atoms with Gasteiger partial charge >= 0.3 is 0 Å². The molecule has 1 aromatic carbocycles. The maximum Gasteiger partial charge on any atom is 0.235 e. The van der Waals surface area contributed by atoms with E-state index in [1.807, 2.05) is 60.4 Å². The van der Waals surface area contributed by atoms with Gasteiger partial charge in [-0.05, 0) is 42.7 Å². The van der Waals surface area contributed by atoms with Gasteiger partial charge in [-0.15, -0.1) is 0 Å². The van der Waals surface area contributed by atoms with Crippen molar-refractivity contribution in [2.24, 2.45) is 5.92 Å². The third-order valence-corrected chi connectivity index (χ3v) is 5.44. The van der Waals surface area contributed by atoms with E-state index in [9.17, 15) is 4.79 Å². The minimum atomic E-state index is -0.241. The lowest BCUT2D eigenvalue weighted by Crippen LogP contribution is -2.44. The molecule has 5 heteroatoms. The van der Waals surface area contributed by atoms with Gasteiger partial charge in [0, 0.05) is 12.2 Å². The summed E-state index contributed by atoms with van der Waals surface area (Å²) in [5.41, 5.74) is 0.992. The molecule has 0 saturated heterocycles. The van der Waals surface area contributed by atoms with Gasteiger partial charge in [-0.2, -0.15) is 0 Å². The molecular weight excluding hydrogens is 352 g/mol. The fourth-order valence-electron chi connectivity index (χ4n) is 3.89. The second-order valence-electron chi connectivity index (χ2n) is 7.45. The van der Waals surface area contributed by atoms with Crippen LogP contribution < -0.4 is 14.4 Å². The lowest BCUT2D eigenvalue weighted by molar-refractivity contribution is -0.121. The minimum absolute atomic E-state index is 0.0996. The number of ether oxygens (including phenoxy) is 2. The first-order valence-corrected chi connectivity index (χ1v) is 10.0. The summed E-state index contributed by atoms with van der Waals surface area (Å²) in [6.45, 7) is 2.21. The highest BCUT2D eigenvalue weighted by molar-refractivity contribution is 5.96. The summed E-state index contributed by atoms with van der Waals surface area (Å²) in [5.74, 6) is 2.12. The number of hydrogen-bond donors (Lipinski definition) is 0. The Bertz CT molecular complexity index is 844. The Balaban J connectivity index is 1.52. The Labute approximate surface area is 166 Å². The SMILES string of the molecule is CC(/C=C\c1ccc2c(c1)OCO2)C(=O)N(c1ccccn1)C1CCCCC1. The van der Waals surface area contributed by atoms with Crippen LogP contribution in [0.15, 0.2) is 48.7 Å². The first kappa shape index (κ1) is 18.5. The highest BCUT2D eigenvalue weighted by Gasteiger charge is 2.29. The average Bonchev–Trinajstić information content (AvgIpc) is 3.21. The van der Waals surface area contributed by atoms with Crippen LogP contribution in [0.3, 0.4) is 0 Å². The zero-order valence-corrected chi connectivity index (χ0v) is 16.2. The molecule has 1 atom stereocenters. The monoisotopic (exact) mass is 378 g/mol. The number of nitrogens with zero attached hydrogens (tertiary/aromatic N) is 2. The quantitative estimate of drug-likeness (QED) is 0.748. The third-order valence-electron chi connectivity index (χ3n) is 5.44. The van der Waals surface area contributed by atoms with E-state index in [-0.39, 0.29) is 24.7 Å². The fraction of sp³-hybridized carbons (Fsp3) is 0.391. The van der Waals surface area contributed by atoms with Crippen molar-refractivity contribution in [2.75, 3.05) is 11.7 Å². The minimum Gasteiger partial charge on any atom is -0.454 e.